The maximum Gasteiger partial charge on any atom is 0.472 e. The van der Waals surface area contributed by atoms with Gasteiger partial charge in [0, 0.05) is 25.7 Å². The lowest BCUT2D eigenvalue weighted by molar-refractivity contribution is -0.161. The van der Waals surface area contributed by atoms with Crippen LogP contribution in [0.4, 0.5) is 0 Å². The van der Waals surface area contributed by atoms with Crippen molar-refractivity contribution < 1.29 is 80.2 Å². The minimum absolute atomic E-state index is 0.107. The molecular formula is C74H144O17P2. The summed E-state index contributed by atoms with van der Waals surface area (Å²) in [6.07, 6.45) is 55.6. The van der Waals surface area contributed by atoms with Crippen LogP contribution < -0.4 is 0 Å². The number of aliphatic hydroxyl groups excluding tert-OH is 1. The molecule has 0 rings (SSSR count). The number of hydrogen-bond acceptors (Lipinski definition) is 15. The lowest BCUT2D eigenvalue weighted by Gasteiger charge is -2.21. The van der Waals surface area contributed by atoms with E-state index in [1.807, 2.05) is 0 Å². The van der Waals surface area contributed by atoms with Crippen molar-refractivity contribution in [1.82, 2.24) is 0 Å². The highest BCUT2D eigenvalue weighted by Crippen LogP contribution is 2.45. The van der Waals surface area contributed by atoms with Crippen LogP contribution >= 0.6 is 15.6 Å². The third-order valence-corrected chi connectivity index (χ3v) is 19.2. The Balaban J connectivity index is 5.17. The van der Waals surface area contributed by atoms with Crippen LogP contribution in [0.15, 0.2) is 0 Å². The van der Waals surface area contributed by atoms with Gasteiger partial charge in [-0.05, 0) is 31.6 Å². The van der Waals surface area contributed by atoms with Crippen LogP contribution in [0, 0.1) is 5.92 Å². The third-order valence-electron chi connectivity index (χ3n) is 17.3. The van der Waals surface area contributed by atoms with Crippen LogP contribution in [0.3, 0.4) is 0 Å². The highest BCUT2D eigenvalue weighted by molar-refractivity contribution is 7.47. The quantitative estimate of drug-likeness (QED) is 0.0222. The highest BCUT2D eigenvalue weighted by atomic mass is 31.2. The normalized spacial score (nSPS) is 14.0. The molecule has 0 aromatic heterocycles. The van der Waals surface area contributed by atoms with Gasteiger partial charge in [-0.15, -0.1) is 0 Å². The molecule has 0 heterocycles. The fourth-order valence-electron chi connectivity index (χ4n) is 11.4. The van der Waals surface area contributed by atoms with Crippen LogP contribution in [0.5, 0.6) is 0 Å². The molecule has 0 aliphatic rings. The van der Waals surface area contributed by atoms with E-state index in [4.69, 9.17) is 37.0 Å². The van der Waals surface area contributed by atoms with Gasteiger partial charge in [0.05, 0.1) is 26.4 Å². The van der Waals surface area contributed by atoms with Crippen LogP contribution in [-0.2, 0) is 65.4 Å². The van der Waals surface area contributed by atoms with E-state index in [2.05, 4.69) is 34.6 Å². The number of phosphoric acid groups is 2. The van der Waals surface area contributed by atoms with E-state index in [1.54, 1.807) is 0 Å². The topological polar surface area (TPSA) is 237 Å². The molecule has 5 atom stereocenters. The van der Waals surface area contributed by atoms with Gasteiger partial charge in [-0.2, -0.15) is 0 Å². The van der Waals surface area contributed by atoms with Crippen molar-refractivity contribution in [1.29, 1.82) is 0 Å². The van der Waals surface area contributed by atoms with Crippen molar-refractivity contribution >= 4 is 39.5 Å². The number of hydrogen-bond donors (Lipinski definition) is 3. The van der Waals surface area contributed by atoms with Crippen LogP contribution in [0.1, 0.15) is 388 Å². The van der Waals surface area contributed by atoms with Crippen molar-refractivity contribution in [3.8, 4) is 0 Å². The number of rotatable bonds is 74. The first-order chi connectivity index (χ1) is 45.0. The zero-order valence-electron chi connectivity index (χ0n) is 60.4. The average Bonchev–Trinajstić information content (AvgIpc) is 2.51. The molecule has 0 fully saturated rings. The number of aliphatic hydroxyl groups is 1. The van der Waals surface area contributed by atoms with E-state index >= 15 is 0 Å². The molecule has 0 radical (unpaired) electrons. The van der Waals surface area contributed by atoms with Crippen LogP contribution in [0.25, 0.3) is 0 Å². The summed E-state index contributed by atoms with van der Waals surface area (Å²) in [6.45, 7) is 7.23. The zero-order valence-corrected chi connectivity index (χ0v) is 62.2. The van der Waals surface area contributed by atoms with Crippen molar-refractivity contribution in [2.45, 2.75) is 406 Å². The molecule has 0 aromatic carbocycles. The molecule has 552 valence electrons. The van der Waals surface area contributed by atoms with Gasteiger partial charge in [0.1, 0.15) is 19.3 Å². The fraction of sp³-hybridized carbons (Fsp3) is 0.946. The second-order valence-corrected chi connectivity index (χ2v) is 30.1. The highest BCUT2D eigenvalue weighted by Gasteiger charge is 2.30. The van der Waals surface area contributed by atoms with Gasteiger partial charge in [0.25, 0.3) is 0 Å². The molecule has 0 aliphatic carbocycles. The summed E-state index contributed by atoms with van der Waals surface area (Å²) < 4.78 is 68.4. The van der Waals surface area contributed by atoms with Gasteiger partial charge in [-0.3, -0.25) is 37.3 Å². The molecule has 2 unspecified atom stereocenters. The summed E-state index contributed by atoms with van der Waals surface area (Å²) in [5.41, 5.74) is 0. The molecule has 0 aromatic rings. The van der Waals surface area contributed by atoms with E-state index in [9.17, 15) is 43.2 Å². The summed E-state index contributed by atoms with van der Waals surface area (Å²) in [4.78, 5) is 72.6. The zero-order chi connectivity index (χ0) is 68.4. The molecule has 0 spiro atoms. The first-order valence-corrected chi connectivity index (χ1v) is 41.6. The number of unbranched alkanes of at least 4 members (excludes halogenated alkanes) is 46. The second-order valence-electron chi connectivity index (χ2n) is 27.2. The average molecular weight is 1370 g/mol. The predicted octanol–water partition coefficient (Wildman–Crippen LogP) is 21.7. The summed E-state index contributed by atoms with van der Waals surface area (Å²) in [5, 5.41) is 10.6. The van der Waals surface area contributed by atoms with Gasteiger partial charge in [-0.1, -0.05) is 336 Å². The predicted molar refractivity (Wildman–Crippen MR) is 377 cm³/mol. The Kier molecular flexibility index (Phi) is 65.9. The number of carbonyl (C=O) groups excluding carboxylic acids is 4. The Labute approximate surface area is 568 Å². The monoisotopic (exact) mass is 1370 g/mol. The first-order valence-electron chi connectivity index (χ1n) is 38.6. The number of carbonyl (C=O) groups is 4. The molecular weight excluding hydrogens is 1220 g/mol. The number of esters is 4. The van der Waals surface area contributed by atoms with Crippen molar-refractivity contribution in [2.75, 3.05) is 39.6 Å². The van der Waals surface area contributed by atoms with E-state index in [1.165, 1.54) is 212 Å². The van der Waals surface area contributed by atoms with E-state index in [0.29, 0.717) is 25.7 Å². The van der Waals surface area contributed by atoms with E-state index < -0.39 is 97.5 Å². The van der Waals surface area contributed by atoms with Gasteiger partial charge < -0.3 is 33.8 Å². The molecule has 3 N–H and O–H groups in total. The lowest BCUT2D eigenvalue weighted by atomic mass is 10.0. The van der Waals surface area contributed by atoms with Gasteiger partial charge in [0.2, 0.25) is 0 Å². The standard InChI is InChI=1S/C74H144O17P2/c1-6-9-12-15-18-21-24-25-26-27-28-29-30-31-32-33-35-38-45-50-55-60-74(79)91-70(64-85-72(77)58-53-48-43-40-39-41-46-51-56-67(4)5)66-89-93(82,83)87-62-68(75)61-86-92(80,81)88-65-69(63-84-71(76)57-52-47-42-36-23-20-17-14-11-8-3)90-73(78)59-54-49-44-37-34-22-19-16-13-10-7-2/h67-70,75H,6-66H2,1-5H3,(H,80,81)(H,82,83)/t68-,69+,70+/m0/s1. The third kappa shape index (κ3) is 68.4. The van der Waals surface area contributed by atoms with Crippen molar-refractivity contribution in [2.24, 2.45) is 5.92 Å². The minimum Gasteiger partial charge on any atom is -0.462 e. The van der Waals surface area contributed by atoms with Gasteiger partial charge in [-0.25, -0.2) is 9.13 Å². The largest absolute Gasteiger partial charge is 0.472 e. The molecule has 19 heteroatoms. The molecule has 0 saturated carbocycles. The Morgan fingerprint density at radius 2 is 0.495 bits per heavy atom. The maximum absolute atomic E-state index is 13.1. The molecule has 17 nitrogen and oxygen atoms in total. The number of ether oxygens (including phenoxy) is 4. The summed E-state index contributed by atoms with van der Waals surface area (Å²) in [7, 11) is -9.90. The molecule has 0 bridgehead atoms. The lowest BCUT2D eigenvalue weighted by Crippen LogP contribution is -2.30. The smallest absolute Gasteiger partial charge is 0.462 e. The fourth-order valence-corrected chi connectivity index (χ4v) is 12.9. The molecule has 93 heavy (non-hydrogen) atoms. The van der Waals surface area contributed by atoms with Crippen molar-refractivity contribution in [3.05, 3.63) is 0 Å². The second kappa shape index (κ2) is 67.3. The first kappa shape index (κ1) is 91.1. The van der Waals surface area contributed by atoms with Gasteiger partial charge in [0.15, 0.2) is 12.2 Å². The van der Waals surface area contributed by atoms with Crippen molar-refractivity contribution in [3.63, 3.8) is 0 Å². The van der Waals surface area contributed by atoms with Crippen LogP contribution in [0.2, 0.25) is 0 Å². The maximum atomic E-state index is 13.1. The minimum atomic E-state index is -4.95. The Morgan fingerprint density at radius 3 is 0.731 bits per heavy atom. The summed E-state index contributed by atoms with van der Waals surface area (Å²) in [6, 6.07) is 0. The van der Waals surface area contributed by atoms with E-state index in [0.717, 1.165) is 95.8 Å². The Morgan fingerprint density at radius 1 is 0.290 bits per heavy atom. The van der Waals surface area contributed by atoms with Crippen LogP contribution in [-0.4, -0.2) is 96.7 Å². The Bertz CT molecular complexity index is 1790. The number of phosphoric ester groups is 2. The van der Waals surface area contributed by atoms with E-state index in [-0.39, 0.29) is 25.7 Å². The van der Waals surface area contributed by atoms with Gasteiger partial charge >= 0.3 is 39.5 Å². The molecule has 0 saturated heterocycles. The Hall–Kier alpha value is -1.94. The molecule has 0 aliphatic heterocycles. The SMILES string of the molecule is CCCCCCCCCCCCCCCCCCCCCCCC(=O)O[C@H](COC(=O)CCCCCCCCCCC(C)C)COP(=O)(O)OC[C@@H](O)COP(=O)(O)OC[C@@H](COC(=O)CCCCCCCCCCCC)OC(=O)CCCCCCCCCCCCC. The summed E-state index contributed by atoms with van der Waals surface area (Å²) >= 11 is 0. The molecule has 0 amide bonds. The summed E-state index contributed by atoms with van der Waals surface area (Å²) in [5.74, 6) is -1.39.